The maximum Gasteiger partial charge on any atom is 0.268 e. The number of furan rings is 1. The van der Waals surface area contributed by atoms with E-state index in [1.54, 1.807) is 23.2 Å². The van der Waals surface area contributed by atoms with Crippen molar-refractivity contribution in [1.82, 2.24) is 19.7 Å². The lowest BCUT2D eigenvalue weighted by Crippen LogP contribution is -2.29. The molecule has 0 bridgehead atoms. The number of hydrogen-bond acceptors (Lipinski definition) is 3. The first kappa shape index (κ1) is 16.2. The fourth-order valence-electron chi connectivity index (χ4n) is 3.10. The van der Waals surface area contributed by atoms with Crippen LogP contribution in [0.15, 0.2) is 65.5 Å². The van der Waals surface area contributed by atoms with Crippen LogP contribution in [0.4, 0.5) is 0 Å². The molecule has 0 aliphatic heterocycles. The second kappa shape index (κ2) is 6.92. The number of nitrogens with zero attached hydrogens (tertiary/aromatic N) is 3. The number of rotatable bonds is 6. The van der Waals surface area contributed by atoms with Crippen molar-refractivity contribution < 1.29 is 9.21 Å². The van der Waals surface area contributed by atoms with Gasteiger partial charge in [0.2, 0.25) is 0 Å². The third kappa shape index (κ3) is 3.13. The Labute approximate surface area is 151 Å². The molecule has 26 heavy (non-hydrogen) atoms. The summed E-state index contributed by atoms with van der Waals surface area (Å²) in [7, 11) is 0. The third-order valence-electron chi connectivity index (χ3n) is 4.53. The number of amides is 1. The van der Waals surface area contributed by atoms with E-state index in [1.165, 1.54) is 11.1 Å². The highest BCUT2D eigenvalue weighted by atomic mass is 16.3. The molecule has 0 aliphatic carbocycles. The first-order chi connectivity index (χ1) is 12.7. The van der Waals surface area contributed by atoms with E-state index < -0.39 is 0 Å². The molecule has 1 aromatic carbocycles. The molecule has 0 atom stereocenters. The molecular weight excluding hydrogens is 328 g/mol. The predicted molar refractivity (Wildman–Crippen MR) is 99.0 cm³/mol. The average Bonchev–Trinajstić information content (AvgIpc) is 3.35. The fourth-order valence-corrected chi connectivity index (χ4v) is 3.10. The van der Waals surface area contributed by atoms with E-state index in [0.717, 1.165) is 11.1 Å². The number of aromatic nitrogens is 3. The maximum atomic E-state index is 12.7. The number of carbonyl (C=O) groups excluding carboxylic acids is 1. The lowest BCUT2D eigenvalue weighted by Gasteiger charge is -2.12. The zero-order valence-corrected chi connectivity index (χ0v) is 14.6. The summed E-state index contributed by atoms with van der Waals surface area (Å²) in [6.07, 6.45) is 5.25. The van der Waals surface area contributed by atoms with Crippen LogP contribution in [0.3, 0.4) is 0 Å². The highest BCUT2D eigenvalue weighted by Gasteiger charge is 2.18. The van der Waals surface area contributed by atoms with Gasteiger partial charge in [0.25, 0.3) is 5.91 Å². The molecule has 0 saturated heterocycles. The molecule has 0 radical (unpaired) electrons. The van der Waals surface area contributed by atoms with Gasteiger partial charge in [-0.2, -0.15) is 5.10 Å². The van der Waals surface area contributed by atoms with E-state index >= 15 is 0 Å². The van der Waals surface area contributed by atoms with Gasteiger partial charge in [-0.25, -0.2) is 0 Å². The zero-order chi connectivity index (χ0) is 17.9. The molecule has 0 spiro atoms. The van der Waals surface area contributed by atoms with Crippen molar-refractivity contribution in [3.63, 3.8) is 0 Å². The molecule has 4 aromatic rings. The Kier molecular flexibility index (Phi) is 4.31. The molecule has 6 nitrogen and oxygen atoms in total. The van der Waals surface area contributed by atoms with Crippen LogP contribution in [0.1, 0.15) is 21.6 Å². The molecule has 1 N–H and O–H groups in total. The minimum atomic E-state index is -0.114. The Morgan fingerprint density at radius 3 is 2.92 bits per heavy atom. The number of benzene rings is 1. The minimum absolute atomic E-state index is 0.114. The molecular formula is C20H20N4O2. The Bertz CT molecular complexity index is 1030. The summed E-state index contributed by atoms with van der Waals surface area (Å²) >= 11 is 0. The normalized spacial score (nSPS) is 11.1. The van der Waals surface area contributed by atoms with Gasteiger partial charge in [0, 0.05) is 37.6 Å². The molecule has 132 valence electrons. The predicted octanol–water partition coefficient (Wildman–Crippen LogP) is 3.22. The minimum Gasteiger partial charge on any atom is -0.463 e. The van der Waals surface area contributed by atoms with Crippen molar-refractivity contribution in [2.75, 3.05) is 6.54 Å². The SMILES string of the molecule is Cc1ccccc1Cn1c(C(=O)NCCn2cccn2)cc2occc21. The number of aryl methyl sites for hydroxylation is 1. The van der Waals surface area contributed by atoms with Gasteiger partial charge in [-0.3, -0.25) is 9.48 Å². The van der Waals surface area contributed by atoms with E-state index in [0.29, 0.717) is 25.3 Å². The smallest absolute Gasteiger partial charge is 0.268 e. The number of hydrogen-bond donors (Lipinski definition) is 1. The summed E-state index contributed by atoms with van der Waals surface area (Å²) in [4.78, 5) is 12.7. The van der Waals surface area contributed by atoms with Gasteiger partial charge in [-0.1, -0.05) is 24.3 Å². The van der Waals surface area contributed by atoms with Crippen molar-refractivity contribution in [2.24, 2.45) is 0 Å². The van der Waals surface area contributed by atoms with Crippen molar-refractivity contribution in [3.8, 4) is 0 Å². The molecule has 3 heterocycles. The topological polar surface area (TPSA) is 65.0 Å². The van der Waals surface area contributed by atoms with Crippen LogP contribution in [-0.4, -0.2) is 26.8 Å². The van der Waals surface area contributed by atoms with Crippen LogP contribution in [0.2, 0.25) is 0 Å². The number of carbonyl (C=O) groups is 1. The molecule has 1 amide bonds. The maximum absolute atomic E-state index is 12.7. The van der Waals surface area contributed by atoms with Crippen molar-refractivity contribution in [2.45, 2.75) is 20.0 Å². The number of nitrogens with one attached hydrogen (secondary N) is 1. The van der Waals surface area contributed by atoms with Crippen LogP contribution < -0.4 is 5.32 Å². The van der Waals surface area contributed by atoms with Crippen LogP contribution in [0.25, 0.3) is 11.1 Å². The second-order valence-electron chi connectivity index (χ2n) is 6.24. The molecule has 0 fully saturated rings. The zero-order valence-electron chi connectivity index (χ0n) is 14.6. The molecule has 3 aromatic heterocycles. The largest absolute Gasteiger partial charge is 0.463 e. The Balaban J connectivity index is 1.57. The average molecular weight is 348 g/mol. The fraction of sp³-hybridized carbons (Fsp3) is 0.200. The van der Waals surface area contributed by atoms with E-state index in [4.69, 9.17) is 4.42 Å². The summed E-state index contributed by atoms with van der Waals surface area (Å²) in [6, 6.07) is 13.8. The Hall–Kier alpha value is -3.28. The summed E-state index contributed by atoms with van der Waals surface area (Å²) in [6.45, 7) is 3.84. The molecule has 0 unspecified atom stereocenters. The van der Waals surface area contributed by atoms with Gasteiger partial charge in [-0.15, -0.1) is 0 Å². The highest BCUT2D eigenvalue weighted by Crippen LogP contribution is 2.23. The summed E-state index contributed by atoms with van der Waals surface area (Å²) in [5.74, 6) is -0.114. The van der Waals surface area contributed by atoms with Gasteiger partial charge >= 0.3 is 0 Å². The van der Waals surface area contributed by atoms with Gasteiger partial charge < -0.3 is 14.3 Å². The van der Waals surface area contributed by atoms with Crippen molar-refractivity contribution >= 4 is 17.0 Å². The van der Waals surface area contributed by atoms with E-state index in [2.05, 4.69) is 29.5 Å². The van der Waals surface area contributed by atoms with Crippen molar-refractivity contribution in [1.29, 1.82) is 0 Å². The van der Waals surface area contributed by atoms with Gasteiger partial charge in [0.15, 0.2) is 5.58 Å². The summed E-state index contributed by atoms with van der Waals surface area (Å²) < 4.78 is 9.30. The van der Waals surface area contributed by atoms with E-state index in [9.17, 15) is 4.79 Å². The molecule has 6 heteroatoms. The monoisotopic (exact) mass is 348 g/mol. The molecule has 4 rings (SSSR count). The summed E-state index contributed by atoms with van der Waals surface area (Å²) in [5, 5.41) is 7.11. The van der Waals surface area contributed by atoms with Crippen LogP contribution >= 0.6 is 0 Å². The number of fused-ring (bicyclic) bond motifs is 1. The Morgan fingerprint density at radius 2 is 2.12 bits per heavy atom. The Morgan fingerprint density at radius 1 is 1.23 bits per heavy atom. The lowest BCUT2D eigenvalue weighted by molar-refractivity contribution is 0.0943. The summed E-state index contributed by atoms with van der Waals surface area (Å²) in [5.41, 5.74) is 4.61. The molecule has 0 saturated carbocycles. The third-order valence-corrected chi connectivity index (χ3v) is 4.53. The second-order valence-corrected chi connectivity index (χ2v) is 6.24. The lowest BCUT2D eigenvalue weighted by atomic mass is 10.1. The van der Waals surface area contributed by atoms with Crippen LogP contribution in [0.5, 0.6) is 0 Å². The first-order valence-electron chi connectivity index (χ1n) is 8.59. The van der Waals surface area contributed by atoms with E-state index in [1.807, 2.05) is 35.0 Å². The molecule has 0 aliphatic rings. The first-order valence-corrected chi connectivity index (χ1v) is 8.59. The van der Waals surface area contributed by atoms with Gasteiger partial charge in [0.1, 0.15) is 5.69 Å². The van der Waals surface area contributed by atoms with Crippen molar-refractivity contribution in [3.05, 3.63) is 77.9 Å². The quantitative estimate of drug-likeness (QED) is 0.582. The van der Waals surface area contributed by atoms with Gasteiger partial charge in [0.05, 0.1) is 18.3 Å². The van der Waals surface area contributed by atoms with E-state index in [-0.39, 0.29) is 5.91 Å². The standard InChI is InChI=1S/C20H20N4O2/c1-15-5-2-3-6-16(15)14-24-17-7-12-26-19(17)13-18(24)20(25)21-9-11-23-10-4-8-22-23/h2-8,10,12-13H,9,11,14H2,1H3,(H,21,25). The van der Waals surface area contributed by atoms with Gasteiger partial charge in [-0.05, 0) is 24.1 Å². The highest BCUT2D eigenvalue weighted by molar-refractivity contribution is 5.97. The van der Waals surface area contributed by atoms with Crippen LogP contribution in [-0.2, 0) is 13.1 Å². The van der Waals surface area contributed by atoms with Crippen LogP contribution in [0, 0.1) is 6.92 Å².